The maximum atomic E-state index is 10.6. The van der Waals surface area contributed by atoms with Crippen LogP contribution in [0.3, 0.4) is 0 Å². The number of pyridine rings is 1. The van der Waals surface area contributed by atoms with Crippen molar-refractivity contribution in [2.75, 3.05) is 0 Å². The van der Waals surface area contributed by atoms with Crippen LogP contribution in [-0.2, 0) is 0 Å². The van der Waals surface area contributed by atoms with E-state index in [0.717, 1.165) is 22.3 Å². The third-order valence-electron chi connectivity index (χ3n) is 3.07. The number of nitrogens with zero attached hydrogens (tertiary/aromatic N) is 3. The van der Waals surface area contributed by atoms with Gasteiger partial charge in [-0.25, -0.2) is 0 Å². The van der Waals surface area contributed by atoms with Crippen molar-refractivity contribution < 1.29 is 4.92 Å². The van der Waals surface area contributed by atoms with Gasteiger partial charge in [0.25, 0.3) is 0 Å². The van der Waals surface area contributed by atoms with Gasteiger partial charge >= 0.3 is 5.82 Å². The summed E-state index contributed by atoms with van der Waals surface area (Å²) in [5.74, 6) is -0.141. The highest BCUT2D eigenvalue weighted by atomic mass is 16.6. The fraction of sp³-hybridized carbons (Fsp3) is 0.0714. The van der Waals surface area contributed by atoms with Crippen LogP contribution in [0.25, 0.3) is 16.6 Å². The molecule has 2 heterocycles. The first-order valence-electron chi connectivity index (χ1n) is 5.85. The molecule has 3 rings (SSSR count). The Labute approximate surface area is 109 Å². The van der Waals surface area contributed by atoms with Gasteiger partial charge in [-0.05, 0) is 35.0 Å². The van der Waals surface area contributed by atoms with E-state index in [1.54, 1.807) is 6.07 Å². The summed E-state index contributed by atoms with van der Waals surface area (Å²) in [6, 6.07) is 13.2. The minimum absolute atomic E-state index is 0.141. The highest BCUT2D eigenvalue weighted by Crippen LogP contribution is 2.24. The Balaban J connectivity index is 2.18. The van der Waals surface area contributed by atoms with Crippen molar-refractivity contribution in [1.29, 1.82) is 0 Å². The second-order valence-electron chi connectivity index (χ2n) is 4.31. The van der Waals surface area contributed by atoms with Crippen molar-refractivity contribution in [3.63, 3.8) is 0 Å². The third-order valence-corrected chi connectivity index (χ3v) is 3.07. The first-order valence-corrected chi connectivity index (χ1v) is 5.85. The average molecular weight is 253 g/mol. The van der Waals surface area contributed by atoms with Crippen LogP contribution < -0.4 is 0 Å². The molecule has 0 N–H and O–H groups in total. The molecule has 5 heteroatoms. The quantitative estimate of drug-likeness (QED) is 0.520. The Morgan fingerprint density at radius 3 is 2.68 bits per heavy atom. The molecule has 0 aliphatic carbocycles. The molecule has 1 aromatic carbocycles. The fourth-order valence-electron chi connectivity index (χ4n) is 2.25. The van der Waals surface area contributed by atoms with Crippen molar-refractivity contribution in [3.05, 3.63) is 64.5 Å². The van der Waals surface area contributed by atoms with Crippen LogP contribution in [0.4, 0.5) is 5.82 Å². The zero-order chi connectivity index (χ0) is 13.4. The predicted molar refractivity (Wildman–Crippen MR) is 72.5 cm³/mol. The molecular formula is C14H11N3O2. The van der Waals surface area contributed by atoms with E-state index < -0.39 is 4.92 Å². The lowest BCUT2D eigenvalue weighted by Crippen LogP contribution is -1.98. The summed E-state index contributed by atoms with van der Waals surface area (Å²) in [7, 11) is 0. The maximum Gasteiger partial charge on any atom is 0.363 e. The molecule has 0 bridgehead atoms. The van der Waals surface area contributed by atoms with E-state index in [9.17, 15) is 10.1 Å². The van der Waals surface area contributed by atoms with Crippen LogP contribution in [-0.4, -0.2) is 14.5 Å². The topological polar surface area (TPSA) is 61.0 Å². The molecule has 0 atom stereocenters. The lowest BCUT2D eigenvalue weighted by atomic mass is 10.2. The number of rotatable bonds is 2. The van der Waals surface area contributed by atoms with Crippen LogP contribution >= 0.6 is 0 Å². The van der Waals surface area contributed by atoms with E-state index in [2.05, 4.69) is 11.1 Å². The summed E-state index contributed by atoms with van der Waals surface area (Å²) < 4.78 is 2.03. The Morgan fingerprint density at radius 1 is 1.21 bits per heavy atom. The molecule has 0 aliphatic heterocycles. The molecule has 2 aromatic heterocycles. The molecule has 0 amide bonds. The number of para-hydroxylation sites is 1. The summed E-state index contributed by atoms with van der Waals surface area (Å²) in [4.78, 5) is 14.0. The van der Waals surface area contributed by atoms with Gasteiger partial charge in [-0.2, -0.15) is 0 Å². The van der Waals surface area contributed by atoms with Crippen molar-refractivity contribution in [2.24, 2.45) is 0 Å². The number of aryl methyl sites for hydroxylation is 1. The first-order chi connectivity index (χ1) is 9.16. The number of benzene rings is 1. The third kappa shape index (κ3) is 1.85. The van der Waals surface area contributed by atoms with Gasteiger partial charge in [-0.3, -0.25) is 0 Å². The Morgan fingerprint density at radius 2 is 2.00 bits per heavy atom. The molecule has 0 radical (unpaired) electrons. The van der Waals surface area contributed by atoms with E-state index in [0.29, 0.717) is 0 Å². The molecule has 0 spiro atoms. The van der Waals surface area contributed by atoms with E-state index in [4.69, 9.17) is 0 Å². The molecule has 5 nitrogen and oxygen atoms in total. The number of nitro groups is 1. The number of aromatic nitrogens is 2. The lowest BCUT2D eigenvalue weighted by Gasteiger charge is -2.06. The highest BCUT2D eigenvalue weighted by Gasteiger charge is 2.11. The number of fused-ring (bicyclic) bond motifs is 1. The van der Waals surface area contributed by atoms with E-state index >= 15 is 0 Å². The largest absolute Gasteiger partial charge is 0.363 e. The fourth-order valence-corrected chi connectivity index (χ4v) is 2.25. The Kier molecular flexibility index (Phi) is 2.52. The maximum absolute atomic E-state index is 10.6. The normalized spacial score (nSPS) is 10.8. The highest BCUT2D eigenvalue weighted by molar-refractivity contribution is 5.83. The van der Waals surface area contributed by atoms with Crippen LogP contribution in [0.15, 0.2) is 48.7 Å². The molecule has 0 aliphatic rings. The Hall–Kier alpha value is -2.69. The molecule has 0 fully saturated rings. The van der Waals surface area contributed by atoms with Crippen molar-refractivity contribution in [3.8, 4) is 5.69 Å². The number of hydrogen-bond donors (Lipinski definition) is 0. The van der Waals surface area contributed by atoms with Crippen LogP contribution in [0.2, 0.25) is 0 Å². The van der Waals surface area contributed by atoms with Crippen LogP contribution in [0.5, 0.6) is 0 Å². The molecular weight excluding hydrogens is 242 g/mol. The van der Waals surface area contributed by atoms with Crippen molar-refractivity contribution in [2.45, 2.75) is 6.92 Å². The lowest BCUT2D eigenvalue weighted by molar-refractivity contribution is -0.389. The molecule has 0 saturated heterocycles. The van der Waals surface area contributed by atoms with Crippen molar-refractivity contribution >= 4 is 16.7 Å². The first kappa shape index (κ1) is 11.4. The molecule has 0 unspecified atom stereocenters. The summed E-state index contributed by atoms with van der Waals surface area (Å²) in [5, 5.41) is 11.8. The zero-order valence-corrected chi connectivity index (χ0v) is 10.3. The van der Waals surface area contributed by atoms with Crippen LogP contribution in [0.1, 0.15) is 5.69 Å². The van der Waals surface area contributed by atoms with Gasteiger partial charge in [0.1, 0.15) is 0 Å². The summed E-state index contributed by atoms with van der Waals surface area (Å²) >= 11 is 0. The van der Waals surface area contributed by atoms with Gasteiger partial charge in [0.2, 0.25) is 0 Å². The smallest absolute Gasteiger partial charge is 0.358 e. The van der Waals surface area contributed by atoms with Gasteiger partial charge in [-0.15, -0.1) is 0 Å². The summed E-state index contributed by atoms with van der Waals surface area (Å²) in [6.07, 6.45) is 1.53. The van der Waals surface area contributed by atoms with Crippen molar-refractivity contribution in [1.82, 2.24) is 9.55 Å². The standard InChI is InChI=1S/C14H11N3O2/c1-10-8-11-4-2-3-5-13(11)16(10)12-6-7-14(15-9-12)17(18)19/h2-9H,1H3. The van der Waals surface area contributed by atoms with Gasteiger partial charge < -0.3 is 14.7 Å². The van der Waals surface area contributed by atoms with Gasteiger partial charge in [0.05, 0.1) is 11.2 Å². The number of hydrogen-bond acceptors (Lipinski definition) is 3. The summed E-state index contributed by atoms with van der Waals surface area (Å²) in [6.45, 7) is 2.00. The predicted octanol–water partition coefficient (Wildman–Crippen LogP) is 3.24. The zero-order valence-electron chi connectivity index (χ0n) is 10.3. The monoisotopic (exact) mass is 253 g/mol. The second kappa shape index (κ2) is 4.20. The second-order valence-corrected chi connectivity index (χ2v) is 4.31. The molecule has 0 saturated carbocycles. The van der Waals surface area contributed by atoms with E-state index in [1.807, 2.05) is 35.8 Å². The minimum atomic E-state index is -0.496. The van der Waals surface area contributed by atoms with Gasteiger partial charge in [-0.1, -0.05) is 18.2 Å². The van der Waals surface area contributed by atoms with E-state index in [1.165, 1.54) is 12.3 Å². The minimum Gasteiger partial charge on any atom is -0.358 e. The summed E-state index contributed by atoms with van der Waals surface area (Å²) in [5.41, 5.74) is 2.96. The molecule has 94 valence electrons. The SMILES string of the molecule is Cc1cc2ccccc2n1-c1ccc([N+](=O)[O-])nc1. The van der Waals surface area contributed by atoms with E-state index in [-0.39, 0.29) is 5.82 Å². The van der Waals surface area contributed by atoms with Crippen LogP contribution in [0, 0.1) is 17.0 Å². The average Bonchev–Trinajstić information content (AvgIpc) is 2.74. The molecule has 3 aromatic rings. The van der Waals surface area contributed by atoms with Gasteiger partial charge in [0, 0.05) is 17.1 Å². The van der Waals surface area contributed by atoms with Gasteiger partial charge in [0.15, 0.2) is 6.20 Å². The molecule has 19 heavy (non-hydrogen) atoms. The Bertz CT molecular complexity index is 760.